The first-order chi connectivity index (χ1) is 11.2. The van der Waals surface area contributed by atoms with Crippen molar-refractivity contribution in [2.45, 2.75) is 26.8 Å². The fourth-order valence-corrected chi connectivity index (χ4v) is 2.72. The first-order valence-electron chi connectivity index (χ1n) is 7.94. The van der Waals surface area contributed by atoms with Crippen molar-refractivity contribution >= 4 is 11.0 Å². The Balaban J connectivity index is 1.75. The van der Waals surface area contributed by atoms with Crippen molar-refractivity contribution in [2.24, 2.45) is 0 Å². The molecule has 1 N–H and O–H groups in total. The maximum Gasteiger partial charge on any atom is 0.119 e. The summed E-state index contributed by atoms with van der Waals surface area (Å²) in [6, 6.07) is 14.2. The summed E-state index contributed by atoms with van der Waals surface area (Å²) >= 11 is 0. The van der Waals surface area contributed by atoms with Crippen LogP contribution in [0.4, 0.5) is 0 Å². The highest BCUT2D eigenvalue weighted by Gasteiger charge is 2.09. The van der Waals surface area contributed by atoms with E-state index in [2.05, 4.69) is 41.6 Å². The largest absolute Gasteiger partial charge is 0.492 e. The quantitative estimate of drug-likeness (QED) is 0.760. The zero-order chi connectivity index (χ0) is 16.2. The molecule has 0 saturated heterocycles. The lowest BCUT2D eigenvalue weighted by Crippen LogP contribution is -2.12. The van der Waals surface area contributed by atoms with Gasteiger partial charge < -0.3 is 14.4 Å². The number of rotatable bonds is 6. The molecule has 4 heteroatoms. The van der Waals surface area contributed by atoms with Gasteiger partial charge in [-0.2, -0.15) is 0 Å². The second-order valence-electron chi connectivity index (χ2n) is 5.74. The second kappa shape index (κ2) is 6.84. The SMILES string of the molecule is Cc1ccc(OCCn2c(CCO)nc3ccccc32)cc1C. The van der Waals surface area contributed by atoms with Gasteiger partial charge in [-0.25, -0.2) is 4.98 Å². The van der Waals surface area contributed by atoms with Gasteiger partial charge in [0.05, 0.1) is 24.2 Å². The summed E-state index contributed by atoms with van der Waals surface area (Å²) in [5, 5.41) is 9.24. The van der Waals surface area contributed by atoms with E-state index in [1.165, 1.54) is 11.1 Å². The molecule has 2 aromatic carbocycles. The van der Waals surface area contributed by atoms with Gasteiger partial charge >= 0.3 is 0 Å². The number of aliphatic hydroxyl groups is 1. The van der Waals surface area contributed by atoms with Gasteiger partial charge in [0.25, 0.3) is 0 Å². The molecule has 1 aromatic heterocycles. The van der Waals surface area contributed by atoms with Gasteiger partial charge in [0.2, 0.25) is 0 Å². The lowest BCUT2D eigenvalue weighted by Gasteiger charge is -2.11. The number of imidazole rings is 1. The monoisotopic (exact) mass is 310 g/mol. The van der Waals surface area contributed by atoms with Crippen molar-refractivity contribution in [3.63, 3.8) is 0 Å². The number of aromatic nitrogens is 2. The third-order valence-electron chi connectivity index (χ3n) is 4.13. The molecule has 0 fully saturated rings. The maximum atomic E-state index is 9.24. The summed E-state index contributed by atoms with van der Waals surface area (Å²) in [5.74, 6) is 1.79. The van der Waals surface area contributed by atoms with Gasteiger partial charge in [-0.15, -0.1) is 0 Å². The van der Waals surface area contributed by atoms with E-state index in [-0.39, 0.29) is 6.61 Å². The summed E-state index contributed by atoms with van der Waals surface area (Å²) in [7, 11) is 0. The molecule has 0 radical (unpaired) electrons. The van der Waals surface area contributed by atoms with Crippen LogP contribution in [0, 0.1) is 13.8 Å². The van der Waals surface area contributed by atoms with Gasteiger partial charge in [-0.3, -0.25) is 0 Å². The van der Waals surface area contributed by atoms with Gasteiger partial charge in [-0.05, 0) is 49.2 Å². The van der Waals surface area contributed by atoms with E-state index in [0.29, 0.717) is 19.6 Å². The van der Waals surface area contributed by atoms with Crippen LogP contribution in [0.25, 0.3) is 11.0 Å². The second-order valence-corrected chi connectivity index (χ2v) is 5.74. The first kappa shape index (κ1) is 15.6. The third kappa shape index (κ3) is 3.37. The van der Waals surface area contributed by atoms with Crippen molar-refractivity contribution in [3.8, 4) is 5.75 Å². The van der Waals surface area contributed by atoms with Crippen LogP contribution in [0.5, 0.6) is 5.75 Å². The molecule has 0 saturated carbocycles. The smallest absolute Gasteiger partial charge is 0.119 e. The Kier molecular flexibility index (Phi) is 4.63. The lowest BCUT2D eigenvalue weighted by molar-refractivity contribution is 0.283. The van der Waals surface area contributed by atoms with Gasteiger partial charge in [-0.1, -0.05) is 18.2 Å². The number of fused-ring (bicyclic) bond motifs is 1. The molecular formula is C19H22N2O2. The summed E-state index contributed by atoms with van der Waals surface area (Å²) in [5.41, 5.74) is 4.54. The van der Waals surface area contributed by atoms with E-state index >= 15 is 0 Å². The van der Waals surface area contributed by atoms with Crippen molar-refractivity contribution < 1.29 is 9.84 Å². The summed E-state index contributed by atoms with van der Waals surface area (Å²) < 4.78 is 8.02. The van der Waals surface area contributed by atoms with E-state index in [1.807, 2.05) is 24.3 Å². The molecule has 0 aliphatic rings. The highest BCUT2D eigenvalue weighted by Crippen LogP contribution is 2.18. The molecule has 0 aliphatic carbocycles. The van der Waals surface area contributed by atoms with Crippen molar-refractivity contribution in [3.05, 3.63) is 59.4 Å². The van der Waals surface area contributed by atoms with Crippen molar-refractivity contribution in [1.82, 2.24) is 9.55 Å². The van der Waals surface area contributed by atoms with Crippen LogP contribution in [0.3, 0.4) is 0 Å². The molecule has 0 bridgehead atoms. The molecule has 0 atom stereocenters. The molecule has 3 aromatic rings. The van der Waals surface area contributed by atoms with Crippen LogP contribution in [0.1, 0.15) is 17.0 Å². The fourth-order valence-electron chi connectivity index (χ4n) is 2.72. The first-order valence-corrected chi connectivity index (χ1v) is 7.94. The molecular weight excluding hydrogens is 288 g/mol. The average Bonchev–Trinajstić information content (AvgIpc) is 2.89. The van der Waals surface area contributed by atoms with Crippen molar-refractivity contribution in [1.29, 1.82) is 0 Å². The Bertz CT molecular complexity index is 808. The predicted octanol–water partition coefficient (Wildman–Crippen LogP) is 3.27. The van der Waals surface area contributed by atoms with Gasteiger partial charge in [0, 0.05) is 6.42 Å². The molecule has 3 rings (SSSR count). The highest BCUT2D eigenvalue weighted by atomic mass is 16.5. The van der Waals surface area contributed by atoms with Gasteiger partial charge in [0.1, 0.15) is 18.2 Å². The number of hydrogen-bond acceptors (Lipinski definition) is 3. The van der Waals surface area contributed by atoms with E-state index in [4.69, 9.17) is 4.74 Å². The van der Waals surface area contributed by atoms with E-state index in [9.17, 15) is 5.11 Å². The van der Waals surface area contributed by atoms with E-state index < -0.39 is 0 Å². The van der Waals surface area contributed by atoms with Crippen LogP contribution in [0.2, 0.25) is 0 Å². The Morgan fingerprint density at radius 2 is 1.91 bits per heavy atom. The van der Waals surface area contributed by atoms with E-state index in [1.54, 1.807) is 0 Å². The number of benzene rings is 2. The molecule has 0 unspecified atom stereocenters. The molecule has 0 spiro atoms. The summed E-state index contributed by atoms with van der Waals surface area (Å²) in [6.45, 7) is 5.56. The normalized spacial score (nSPS) is 11.1. The Morgan fingerprint density at radius 1 is 1.09 bits per heavy atom. The highest BCUT2D eigenvalue weighted by molar-refractivity contribution is 5.75. The molecule has 120 valence electrons. The minimum atomic E-state index is 0.0985. The number of para-hydroxylation sites is 2. The minimum absolute atomic E-state index is 0.0985. The van der Waals surface area contributed by atoms with Crippen LogP contribution in [0.15, 0.2) is 42.5 Å². The van der Waals surface area contributed by atoms with Crippen molar-refractivity contribution in [2.75, 3.05) is 13.2 Å². The summed E-state index contributed by atoms with van der Waals surface area (Å²) in [6.07, 6.45) is 0.554. The number of ether oxygens (including phenoxy) is 1. The Hall–Kier alpha value is -2.33. The molecule has 23 heavy (non-hydrogen) atoms. The number of aryl methyl sites for hydroxylation is 2. The molecule has 4 nitrogen and oxygen atoms in total. The third-order valence-corrected chi connectivity index (χ3v) is 4.13. The van der Waals surface area contributed by atoms with Crippen LogP contribution in [-0.2, 0) is 13.0 Å². The van der Waals surface area contributed by atoms with E-state index in [0.717, 1.165) is 22.6 Å². The molecule has 0 aliphatic heterocycles. The van der Waals surface area contributed by atoms with Crippen LogP contribution < -0.4 is 4.74 Å². The zero-order valence-corrected chi connectivity index (χ0v) is 13.6. The predicted molar refractivity (Wildman–Crippen MR) is 91.9 cm³/mol. The maximum absolute atomic E-state index is 9.24. The number of aliphatic hydroxyl groups excluding tert-OH is 1. The molecule has 1 heterocycles. The number of nitrogens with zero attached hydrogens (tertiary/aromatic N) is 2. The van der Waals surface area contributed by atoms with Gasteiger partial charge in [0.15, 0.2) is 0 Å². The lowest BCUT2D eigenvalue weighted by atomic mass is 10.1. The average molecular weight is 310 g/mol. The number of hydrogen-bond donors (Lipinski definition) is 1. The standard InChI is InChI=1S/C19H22N2O2/c1-14-7-8-16(13-15(14)2)23-12-10-21-18-6-4-3-5-17(18)20-19(21)9-11-22/h3-8,13,22H,9-12H2,1-2H3. The molecule has 0 amide bonds. The fraction of sp³-hybridized carbons (Fsp3) is 0.316. The topological polar surface area (TPSA) is 47.3 Å². The summed E-state index contributed by atoms with van der Waals surface area (Å²) in [4.78, 5) is 4.60. The minimum Gasteiger partial charge on any atom is -0.492 e. The zero-order valence-electron chi connectivity index (χ0n) is 13.6. The Morgan fingerprint density at radius 3 is 2.70 bits per heavy atom. The van der Waals surface area contributed by atoms with Crippen LogP contribution in [-0.4, -0.2) is 27.9 Å². The van der Waals surface area contributed by atoms with Crippen LogP contribution >= 0.6 is 0 Å². The Labute approximate surface area is 136 Å².